The maximum absolute atomic E-state index is 13.2. The minimum atomic E-state index is -0.475. The highest BCUT2D eigenvalue weighted by Gasteiger charge is 2.32. The third-order valence-corrected chi connectivity index (χ3v) is 3.04. The van der Waals surface area contributed by atoms with Crippen molar-refractivity contribution in [2.24, 2.45) is 0 Å². The van der Waals surface area contributed by atoms with Crippen molar-refractivity contribution < 1.29 is 13.9 Å². The first-order valence-corrected chi connectivity index (χ1v) is 6.22. The van der Waals surface area contributed by atoms with Crippen LogP contribution in [0.15, 0.2) is 30.5 Å². The number of cyclic esters (lactones) is 1. The van der Waals surface area contributed by atoms with Gasteiger partial charge in [0.25, 0.3) is 0 Å². The first-order chi connectivity index (χ1) is 9.61. The van der Waals surface area contributed by atoms with Gasteiger partial charge in [0.2, 0.25) is 0 Å². The van der Waals surface area contributed by atoms with Crippen molar-refractivity contribution >= 4 is 11.8 Å². The maximum Gasteiger partial charge on any atom is 0.414 e. The molecule has 0 N–H and O–H groups in total. The summed E-state index contributed by atoms with van der Waals surface area (Å²) in [6.45, 7) is 2.63. The minimum absolute atomic E-state index is 0.327. The number of amides is 1. The molecule has 0 radical (unpaired) electrons. The Morgan fingerprint density at radius 1 is 1.50 bits per heavy atom. The smallest absolute Gasteiger partial charge is 0.414 e. The predicted molar refractivity (Wildman–Crippen MR) is 68.8 cm³/mol. The van der Waals surface area contributed by atoms with Gasteiger partial charge >= 0.3 is 6.09 Å². The SMILES string of the molecule is Cc1cn(C[C@H]2CN(c3cccc(F)c3)C(=O)O2)nn1. The first-order valence-electron chi connectivity index (χ1n) is 6.22. The third kappa shape index (κ3) is 2.47. The van der Waals surface area contributed by atoms with Crippen molar-refractivity contribution in [3.8, 4) is 0 Å². The number of ether oxygens (including phenoxy) is 1. The quantitative estimate of drug-likeness (QED) is 0.857. The van der Waals surface area contributed by atoms with Crippen LogP contribution in [0.3, 0.4) is 0 Å². The Hall–Kier alpha value is -2.44. The molecule has 0 aliphatic carbocycles. The topological polar surface area (TPSA) is 60.2 Å². The van der Waals surface area contributed by atoms with Gasteiger partial charge in [-0.05, 0) is 25.1 Å². The molecule has 104 valence electrons. The molecule has 1 aromatic heterocycles. The van der Waals surface area contributed by atoms with Gasteiger partial charge in [-0.1, -0.05) is 11.3 Å². The van der Waals surface area contributed by atoms with Crippen LogP contribution in [0.25, 0.3) is 0 Å². The van der Waals surface area contributed by atoms with Gasteiger partial charge in [0.1, 0.15) is 11.9 Å². The second-order valence-corrected chi connectivity index (χ2v) is 4.68. The van der Waals surface area contributed by atoms with Crippen LogP contribution in [0.2, 0.25) is 0 Å². The van der Waals surface area contributed by atoms with Crippen molar-refractivity contribution in [3.05, 3.63) is 42.0 Å². The summed E-state index contributed by atoms with van der Waals surface area (Å²) in [5.41, 5.74) is 1.29. The van der Waals surface area contributed by atoms with Gasteiger partial charge < -0.3 is 4.74 Å². The Morgan fingerprint density at radius 2 is 2.35 bits per heavy atom. The van der Waals surface area contributed by atoms with E-state index in [4.69, 9.17) is 4.74 Å². The predicted octanol–water partition coefficient (Wildman–Crippen LogP) is 1.75. The highest BCUT2D eigenvalue weighted by Crippen LogP contribution is 2.22. The molecule has 7 heteroatoms. The summed E-state index contributed by atoms with van der Waals surface area (Å²) in [7, 11) is 0. The number of halogens is 1. The zero-order chi connectivity index (χ0) is 14.1. The number of hydrogen-bond acceptors (Lipinski definition) is 4. The van der Waals surface area contributed by atoms with Gasteiger partial charge in [-0.3, -0.25) is 4.90 Å². The first kappa shape index (κ1) is 12.6. The van der Waals surface area contributed by atoms with Crippen LogP contribution in [0.1, 0.15) is 5.69 Å². The highest BCUT2D eigenvalue weighted by molar-refractivity contribution is 5.89. The van der Waals surface area contributed by atoms with E-state index in [1.807, 2.05) is 6.92 Å². The largest absolute Gasteiger partial charge is 0.442 e. The number of rotatable bonds is 3. The molecule has 0 bridgehead atoms. The number of hydrogen-bond donors (Lipinski definition) is 0. The Morgan fingerprint density at radius 3 is 3.05 bits per heavy atom. The molecule has 1 aliphatic heterocycles. The van der Waals surface area contributed by atoms with Crippen molar-refractivity contribution in [1.82, 2.24) is 15.0 Å². The Balaban J connectivity index is 1.72. The van der Waals surface area contributed by atoms with Crippen LogP contribution in [-0.2, 0) is 11.3 Å². The van der Waals surface area contributed by atoms with Crippen molar-refractivity contribution in [1.29, 1.82) is 0 Å². The average molecular weight is 276 g/mol. The molecular weight excluding hydrogens is 263 g/mol. The summed E-state index contributed by atoms with van der Waals surface area (Å²) in [5.74, 6) is -0.384. The lowest BCUT2D eigenvalue weighted by atomic mass is 10.2. The van der Waals surface area contributed by atoms with Crippen molar-refractivity contribution in [2.45, 2.75) is 19.6 Å². The van der Waals surface area contributed by atoms with Crippen LogP contribution in [0.4, 0.5) is 14.9 Å². The second-order valence-electron chi connectivity index (χ2n) is 4.68. The van der Waals surface area contributed by atoms with Crippen LogP contribution >= 0.6 is 0 Å². The summed E-state index contributed by atoms with van der Waals surface area (Å²) >= 11 is 0. The second kappa shape index (κ2) is 4.92. The lowest BCUT2D eigenvalue weighted by molar-refractivity contribution is 0.129. The van der Waals surface area contributed by atoms with E-state index in [1.54, 1.807) is 23.0 Å². The fourth-order valence-corrected chi connectivity index (χ4v) is 2.16. The summed E-state index contributed by atoms with van der Waals surface area (Å²) in [5, 5.41) is 7.79. The minimum Gasteiger partial charge on any atom is -0.442 e. The van der Waals surface area contributed by atoms with Gasteiger partial charge in [0.05, 0.1) is 24.5 Å². The standard InChI is InChI=1S/C13H13FN4O2/c1-9-6-17(16-15-9)7-12-8-18(13(19)20-12)11-4-2-3-10(14)5-11/h2-6,12H,7-8H2,1H3/t12-/m0/s1. The summed E-state index contributed by atoms with van der Waals surface area (Å²) in [4.78, 5) is 13.2. The molecule has 1 saturated heterocycles. The van der Waals surface area contributed by atoms with Crippen LogP contribution in [0, 0.1) is 12.7 Å². The van der Waals surface area contributed by atoms with Crippen molar-refractivity contribution in [3.63, 3.8) is 0 Å². The molecule has 0 saturated carbocycles. The monoisotopic (exact) mass is 276 g/mol. The van der Waals surface area contributed by atoms with Gasteiger partial charge in [-0.15, -0.1) is 5.10 Å². The van der Waals surface area contributed by atoms with E-state index in [2.05, 4.69) is 10.3 Å². The zero-order valence-electron chi connectivity index (χ0n) is 10.9. The number of aromatic nitrogens is 3. The molecule has 0 spiro atoms. The third-order valence-electron chi connectivity index (χ3n) is 3.04. The molecule has 2 aromatic rings. The van der Waals surface area contributed by atoms with E-state index in [0.29, 0.717) is 18.8 Å². The number of aryl methyl sites for hydroxylation is 1. The highest BCUT2D eigenvalue weighted by atomic mass is 19.1. The number of nitrogens with zero attached hydrogens (tertiary/aromatic N) is 4. The molecule has 0 unspecified atom stereocenters. The molecule has 1 aliphatic rings. The molecule has 1 atom stereocenters. The van der Waals surface area contributed by atoms with Gasteiger partial charge in [0, 0.05) is 6.20 Å². The van der Waals surface area contributed by atoms with E-state index >= 15 is 0 Å². The fourth-order valence-electron chi connectivity index (χ4n) is 2.16. The normalized spacial score (nSPS) is 18.4. The number of carbonyl (C=O) groups excluding carboxylic acids is 1. The number of carbonyl (C=O) groups is 1. The Labute approximate surface area is 114 Å². The molecule has 1 amide bonds. The fraction of sp³-hybridized carbons (Fsp3) is 0.308. The summed E-state index contributed by atoms with van der Waals surface area (Å²) < 4.78 is 20.1. The van der Waals surface area contributed by atoms with E-state index < -0.39 is 6.09 Å². The summed E-state index contributed by atoms with van der Waals surface area (Å²) in [6.07, 6.45) is 0.975. The van der Waals surface area contributed by atoms with Gasteiger partial charge in [-0.2, -0.15) is 0 Å². The Kier molecular flexibility index (Phi) is 3.09. The lowest BCUT2D eigenvalue weighted by Gasteiger charge is -2.12. The van der Waals surface area contributed by atoms with Gasteiger partial charge in [-0.25, -0.2) is 13.9 Å². The molecule has 3 rings (SSSR count). The van der Waals surface area contributed by atoms with Crippen molar-refractivity contribution in [2.75, 3.05) is 11.4 Å². The summed E-state index contributed by atoms with van der Waals surface area (Å²) in [6, 6.07) is 5.88. The molecule has 1 aromatic carbocycles. The van der Waals surface area contributed by atoms with E-state index in [-0.39, 0.29) is 11.9 Å². The molecule has 6 nitrogen and oxygen atoms in total. The molecule has 2 heterocycles. The van der Waals surface area contributed by atoms with E-state index in [0.717, 1.165) is 5.69 Å². The van der Waals surface area contributed by atoms with E-state index in [1.165, 1.54) is 17.0 Å². The average Bonchev–Trinajstić information content (AvgIpc) is 2.96. The number of benzene rings is 1. The van der Waals surface area contributed by atoms with Crippen LogP contribution < -0.4 is 4.90 Å². The van der Waals surface area contributed by atoms with Gasteiger partial charge in [0.15, 0.2) is 0 Å². The lowest BCUT2D eigenvalue weighted by Crippen LogP contribution is -2.26. The number of anilines is 1. The van der Waals surface area contributed by atoms with E-state index in [9.17, 15) is 9.18 Å². The maximum atomic E-state index is 13.2. The zero-order valence-corrected chi connectivity index (χ0v) is 10.9. The van der Waals surface area contributed by atoms with Crippen LogP contribution in [-0.4, -0.2) is 33.7 Å². The molecular formula is C13H13FN4O2. The molecule has 1 fully saturated rings. The Bertz CT molecular complexity index is 643. The van der Waals surface area contributed by atoms with Crippen LogP contribution in [0.5, 0.6) is 0 Å². The molecule has 20 heavy (non-hydrogen) atoms.